The van der Waals surface area contributed by atoms with Gasteiger partial charge < -0.3 is 20.3 Å². The van der Waals surface area contributed by atoms with E-state index in [1.54, 1.807) is 12.1 Å². The van der Waals surface area contributed by atoms with E-state index in [9.17, 15) is 5.11 Å². The second-order valence-corrected chi connectivity index (χ2v) is 4.35. The van der Waals surface area contributed by atoms with Gasteiger partial charge in [0.05, 0.1) is 5.56 Å². The van der Waals surface area contributed by atoms with Crippen LogP contribution in [0.25, 0.3) is 11.5 Å². The van der Waals surface area contributed by atoms with Gasteiger partial charge >= 0.3 is 0 Å². The van der Waals surface area contributed by atoms with Crippen molar-refractivity contribution < 1.29 is 9.63 Å². The molecule has 0 aliphatic heterocycles. The van der Waals surface area contributed by atoms with Crippen LogP contribution in [0.1, 0.15) is 5.82 Å². The molecule has 0 fully saturated rings. The number of aromatic hydroxyl groups is 1. The van der Waals surface area contributed by atoms with Crippen molar-refractivity contribution in [2.45, 2.75) is 6.42 Å². The number of nitrogen functional groups attached to an aromatic ring is 1. The van der Waals surface area contributed by atoms with Crippen molar-refractivity contribution >= 4 is 5.69 Å². The van der Waals surface area contributed by atoms with E-state index in [1.165, 1.54) is 6.07 Å². The van der Waals surface area contributed by atoms with Crippen molar-refractivity contribution in [1.82, 2.24) is 15.0 Å². The van der Waals surface area contributed by atoms with Crippen molar-refractivity contribution in [3.8, 4) is 17.2 Å². The van der Waals surface area contributed by atoms with E-state index in [4.69, 9.17) is 10.3 Å². The topological polar surface area (TPSA) is 88.4 Å². The number of benzene rings is 1. The van der Waals surface area contributed by atoms with Gasteiger partial charge in [0.25, 0.3) is 5.89 Å². The highest BCUT2D eigenvalue weighted by molar-refractivity contribution is 5.66. The Labute approximate surface area is 105 Å². The normalized spacial score (nSPS) is 11.1. The van der Waals surface area contributed by atoms with Gasteiger partial charge in [0.2, 0.25) is 0 Å². The fourth-order valence-electron chi connectivity index (χ4n) is 1.52. The van der Waals surface area contributed by atoms with Gasteiger partial charge in [-0.25, -0.2) is 0 Å². The Kier molecular flexibility index (Phi) is 3.47. The number of likely N-dealkylation sites (N-methyl/N-ethyl adjacent to an activating group) is 1. The standard InChI is InChI=1S/C12H16N4O2/c1-16(2)6-5-11-14-12(18-15-11)9-4-3-8(13)7-10(9)17/h3-4,7,17H,5-6,13H2,1-2H3. The van der Waals surface area contributed by atoms with Gasteiger partial charge in [-0.15, -0.1) is 0 Å². The average Bonchev–Trinajstić information content (AvgIpc) is 2.75. The number of aromatic nitrogens is 2. The smallest absolute Gasteiger partial charge is 0.261 e. The number of rotatable bonds is 4. The number of phenols is 1. The van der Waals surface area contributed by atoms with Crippen LogP contribution in [0, 0.1) is 0 Å². The molecule has 0 saturated heterocycles. The van der Waals surface area contributed by atoms with E-state index >= 15 is 0 Å². The van der Waals surface area contributed by atoms with Gasteiger partial charge in [-0.3, -0.25) is 0 Å². The lowest BCUT2D eigenvalue weighted by atomic mass is 10.2. The quantitative estimate of drug-likeness (QED) is 0.788. The summed E-state index contributed by atoms with van der Waals surface area (Å²) in [6.07, 6.45) is 0.701. The Balaban J connectivity index is 2.18. The number of nitrogens with two attached hydrogens (primary N) is 1. The highest BCUT2D eigenvalue weighted by Gasteiger charge is 2.12. The zero-order chi connectivity index (χ0) is 13.1. The van der Waals surface area contributed by atoms with Crippen LogP contribution < -0.4 is 5.73 Å². The Bertz CT molecular complexity index is 537. The van der Waals surface area contributed by atoms with Gasteiger partial charge in [0.1, 0.15) is 5.75 Å². The van der Waals surface area contributed by atoms with Crippen LogP contribution in [0.2, 0.25) is 0 Å². The minimum atomic E-state index is 0.0396. The first-order valence-electron chi connectivity index (χ1n) is 5.62. The molecule has 6 nitrogen and oxygen atoms in total. The molecule has 0 unspecified atom stereocenters. The molecule has 2 rings (SSSR count). The van der Waals surface area contributed by atoms with Crippen LogP contribution in [-0.2, 0) is 6.42 Å². The van der Waals surface area contributed by atoms with Crippen molar-refractivity contribution in [3.05, 3.63) is 24.0 Å². The third-order valence-corrected chi connectivity index (χ3v) is 2.50. The summed E-state index contributed by atoms with van der Waals surface area (Å²) >= 11 is 0. The summed E-state index contributed by atoms with van der Waals surface area (Å²) in [5.41, 5.74) is 6.54. The number of nitrogens with zero attached hydrogens (tertiary/aromatic N) is 3. The minimum Gasteiger partial charge on any atom is -0.507 e. The van der Waals surface area contributed by atoms with Crippen molar-refractivity contribution in [1.29, 1.82) is 0 Å². The molecular weight excluding hydrogens is 232 g/mol. The van der Waals surface area contributed by atoms with Crippen LogP contribution in [0.3, 0.4) is 0 Å². The van der Waals surface area contributed by atoms with E-state index in [2.05, 4.69) is 10.1 Å². The first-order chi connectivity index (χ1) is 8.56. The molecule has 1 aromatic heterocycles. The summed E-state index contributed by atoms with van der Waals surface area (Å²) in [6, 6.07) is 4.80. The van der Waals surface area contributed by atoms with Crippen LogP contribution in [0.15, 0.2) is 22.7 Å². The second-order valence-electron chi connectivity index (χ2n) is 4.35. The van der Waals surface area contributed by atoms with Crippen molar-refractivity contribution in [2.24, 2.45) is 0 Å². The Morgan fingerprint density at radius 2 is 2.17 bits per heavy atom. The average molecular weight is 248 g/mol. The first-order valence-corrected chi connectivity index (χ1v) is 5.62. The molecule has 0 spiro atoms. The van der Waals surface area contributed by atoms with E-state index in [0.29, 0.717) is 29.4 Å². The predicted octanol–water partition coefficient (Wildman–Crippen LogP) is 1.13. The van der Waals surface area contributed by atoms with Gasteiger partial charge in [-0.05, 0) is 26.2 Å². The molecule has 2 aromatic rings. The second kappa shape index (κ2) is 5.05. The van der Waals surface area contributed by atoms with E-state index in [1.807, 2.05) is 19.0 Å². The summed E-state index contributed by atoms with van der Waals surface area (Å²) < 4.78 is 5.12. The van der Waals surface area contributed by atoms with Crippen molar-refractivity contribution in [2.75, 3.05) is 26.4 Å². The Morgan fingerprint density at radius 1 is 1.39 bits per heavy atom. The molecule has 0 aliphatic carbocycles. The first kappa shape index (κ1) is 12.4. The van der Waals surface area contributed by atoms with E-state index in [-0.39, 0.29) is 5.75 Å². The molecule has 0 aliphatic rings. The van der Waals surface area contributed by atoms with Gasteiger partial charge in [0, 0.05) is 24.7 Å². The Morgan fingerprint density at radius 3 is 2.83 bits per heavy atom. The lowest BCUT2D eigenvalue weighted by Crippen LogP contribution is -2.15. The molecular formula is C12H16N4O2. The predicted molar refractivity (Wildman–Crippen MR) is 68.1 cm³/mol. The molecule has 96 valence electrons. The maximum absolute atomic E-state index is 9.76. The summed E-state index contributed by atoms with van der Waals surface area (Å²) in [7, 11) is 3.96. The molecule has 0 amide bonds. The zero-order valence-corrected chi connectivity index (χ0v) is 10.4. The maximum Gasteiger partial charge on any atom is 0.261 e. The molecule has 1 heterocycles. The molecule has 0 bridgehead atoms. The number of hydrogen-bond donors (Lipinski definition) is 2. The number of anilines is 1. The zero-order valence-electron chi connectivity index (χ0n) is 10.4. The van der Waals surface area contributed by atoms with Gasteiger partial charge in [0.15, 0.2) is 5.82 Å². The summed E-state index contributed by atoms with van der Waals surface area (Å²) in [6.45, 7) is 0.840. The van der Waals surface area contributed by atoms with E-state index in [0.717, 1.165) is 6.54 Å². The van der Waals surface area contributed by atoms with Gasteiger partial charge in [-0.1, -0.05) is 5.16 Å². The van der Waals surface area contributed by atoms with Gasteiger partial charge in [-0.2, -0.15) is 4.98 Å². The fourth-order valence-corrected chi connectivity index (χ4v) is 1.52. The molecule has 1 aromatic carbocycles. The molecule has 0 atom stereocenters. The highest BCUT2D eigenvalue weighted by atomic mass is 16.5. The van der Waals surface area contributed by atoms with Crippen LogP contribution in [0.5, 0.6) is 5.75 Å². The summed E-state index contributed by atoms with van der Waals surface area (Å²) in [5.74, 6) is 0.967. The summed E-state index contributed by atoms with van der Waals surface area (Å²) in [4.78, 5) is 6.28. The number of phenolic OH excluding ortho intramolecular Hbond substituents is 1. The highest BCUT2D eigenvalue weighted by Crippen LogP contribution is 2.29. The molecule has 0 radical (unpaired) electrons. The summed E-state index contributed by atoms with van der Waals surface area (Å²) in [5, 5.41) is 13.6. The molecule has 0 saturated carbocycles. The third-order valence-electron chi connectivity index (χ3n) is 2.50. The largest absolute Gasteiger partial charge is 0.507 e. The molecule has 18 heavy (non-hydrogen) atoms. The maximum atomic E-state index is 9.76. The Hall–Kier alpha value is -2.08. The minimum absolute atomic E-state index is 0.0396. The number of hydrogen-bond acceptors (Lipinski definition) is 6. The molecule has 3 N–H and O–H groups in total. The monoisotopic (exact) mass is 248 g/mol. The molecule has 6 heteroatoms. The van der Waals surface area contributed by atoms with Crippen LogP contribution in [0.4, 0.5) is 5.69 Å². The van der Waals surface area contributed by atoms with E-state index < -0.39 is 0 Å². The SMILES string of the molecule is CN(C)CCc1noc(-c2ccc(N)cc2O)n1. The van der Waals surface area contributed by atoms with Crippen LogP contribution >= 0.6 is 0 Å². The fraction of sp³-hybridized carbons (Fsp3) is 0.333. The lowest BCUT2D eigenvalue weighted by Gasteiger charge is -2.05. The lowest BCUT2D eigenvalue weighted by molar-refractivity contribution is 0.391. The van der Waals surface area contributed by atoms with Crippen molar-refractivity contribution in [3.63, 3.8) is 0 Å². The van der Waals surface area contributed by atoms with Crippen LogP contribution in [-0.4, -0.2) is 40.8 Å². The third kappa shape index (κ3) is 2.78.